The smallest absolute Gasteiger partial charge is 0.169 e. The first-order chi connectivity index (χ1) is 8.91. The normalized spacial score (nSPS) is 15.5. The molecule has 0 aromatic heterocycles. The van der Waals surface area contributed by atoms with Crippen molar-refractivity contribution in [3.8, 4) is 12.3 Å². The molecule has 0 aliphatic rings. The molecule has 1 unspecified atom stereocenters. The van der Waals surface area contributed by atoms with E-state index in [0.29, 0.717) is 6.61 Å². The van der Waals surface area contributed by atoms with Crippen molar-refractivity contribution in [2.24, 2.45) is 5.92 Å². The molecule has 0 saturated heterocycles. The fraction of sp³-hybridized carbons (Fsp3) is 0.562. The van der Waals surface area contributed by atoms with Crippen LogP contribution in [0.25, 0.3) is 0 Å². The third-order valence-electron chi connectivity index (χ3n) is 2.79. The van der Waals surface area contributed by atoms with E-state index in [2.05, 4.69) is 5.92 Å². The van der Waals surface area contributed by atoms with Gasteiger partial charge in [0.05, 0.1) is 13.2 Å². The van der Waals surface area contributed by atoms with E-state index in [9.17, 15) is 4.79 Å². The Hall–Kier alpha value is -1.37. The molecule has 0 rings (SSSR count). The number of methoxy groups -OCH3 is 1. The number of carbonyl (C=O) groups is 1. The van der Waals surface area contributed by atoms with Crippen LogP contribution in [0.2, 0.25) is 0 Å². The van der Waals surface area contributed by atoms with Gasteiger partial charge in [-0.25, -0.2) is 0 Å². The molecule has 0 heterocycles. The molecule has 106 valence electrons. The summed E-state index contributed by atoms with van der Waals surface area (Å²) in [5.74, 6) is 2.40. The second-order valence-corrected chi connectivity index (χ2v) is 4.83. The first-order valence-corrected chi connectivity index (χ1v) is 6.36. The zero-order valence-electron chi connectivity index (χ0n) is 12.5. The Kier molecular flexibility index (Phi) is 8.06. The third-order valence-corrected chi connectivity index (χ3v) is 2.79. The van der Waals surface area contributed by atoms with Gasteiger partial charge >= 0.3 is 0 Å². The molecule has 0 aromatic carbocycles. The van der Waals surface area contributed by atoms with Crippen LogP contribution in [-0.2, 0) is 14.3 Å². The van der Waals surface area contributed by atoms with E-state index in [1.165, 1.54) is 7.11 Å². The number of allylic oxidation sites excluding steroid dienone is 2. The number of terminal acetylenes is 1. The van der Waals surface area contributed by atoms with Gasteiger partial charge in [-0.2, -0.15) is 0 Å². The molecular weight excluding hydrogens is 240 g/mol. The predicted octanol–water partition coefficient (Wildman–Crippen LogP) is 2.77. The monoisotopic (exact) mass is 264 g/mol. The topological polar surface area (TPSA) is 35.5 Å². The van der Waals surface area contributed by atoms with Crippen molar-refractivity contribution in [3.05, 3.63) is 23.8 Å². The molecule has 1 atom stereocenters. The minimum absolute atomic E-state index is 0.0310. The van der Waals surface area contributed by atoms with Crippen molar-refractivity contribution in [1.82, 2.24) is 0 Å². The molecule has 0 aliphatic heterocycles. The molecule has 3 nitrogen and oxygen atoms in total. The van der Waals surface area contributed by atoms with E-state index < -0.39 is 5.60 Å². The SMILES string of the molecule is C#C/C=C(\C=C/C)COCC(C)(OC)C(=O)C(C)C. The number of rotatable bonds is 8. The zero-order valence-corrected chi connectivity index (χ0v) is 12.5. The highest BCUT2D eigenvalue weighted by Gasteiger charge is 2.34. The Morgan fingerprint density at radius 1 is 1.47 bits per heavy atom. The van der Waals surface area contributed by atoms with Crippen LogP contribution in [0.3, 0.4) is 0 Å². The molecule has 19 heavy (non-hydrogen) atoms. The van der Waals surface area contributed by atoms with Gasteiger partial charge in [-0.1, -0.05) is 31.9 Å². The average molecular weight is 264 g/mol. The molecule has 0 N–H and O–H groups in total. The summed E-state index contributed by atoms with van der Waals surface area (Å²) in [6.45, 7) is 7.92. The van der Waals surface area contributed by atoms with Crippen molar-refractivity contribution in [2.75, 3.05) is 20.3 Å². The van der Waals surface area contributed by atoms with Crippen LogP contribution >= 0.6 is 0 Å². The van der Waals surface area contributed by atoms with Gasteiger partial charge in [0, 0.05) is 13.0 Å². The van der Waals surface area contributed by atoms with E-state index in [0.717, 1.165) is 5.57 Å². The quantitative estimate of drug-likeness (QED) is 0.499. The molecule has 3 heteroatoms. The summed E-state index contributed by atoms with van der Waals surface area (Å²) in [5.41, 5.74) is -0.0221. The zero-order chi connectivity index (χ0) is 14.9. The summed E-state index contributed by atoms with van der Waals surface area (Å²) < 4.78 is 10.9. The number of ketones is 1. The second kappa shape index (κ2) is 8.68. The minimum Gasteiger partial charge on any atom is -0.373 e. The van der Waals surface area contributed by atoms with Crippen LogP contribution in [0.1, 0.15) is 27.7 Å². The number of carbonyl (C=O) groups excluding carboxylic acids is 1. The minimum atomic E-state index is -0.911. The predicted molar refractivity (Wildman–Crippen MR) is 77.8 cm³/mol. The molecular formula is C16H24O3. The van der Waals surface area contributed by atoms with Gasteiger partial charge in [-0.3, -0.25) is 4.79 Å². The summed E-state index contributed by atoms with van der Waals surface area (Å²) in [7, 11) is 1.52. The van der Waals surface area contributed by atoms with E-state index in [1.54, 1.807) is 13.0 Å². The summed E-state index contributed by atoms with van der Waals surface area (Å²) >= 11 is 0. The van der Waals surface area contributed by atoms with Gasteiger partial charge in [-0.05, 0) is 25.5 Å². The largest absolute Gasteiger partial charge is 0.373 e. The maximum absolute atomic E-state index is 12.1. The lowest BCUT2D eigenvalue weighted by Crippen LogP contribution is -2.44. The highest BCUT2D eigenvalue weighted by Crippen LogP contribution is 2.17. The highest BCUT2D eigenvalue weighted by molar-refractivity contribution is 5.88. The molecule has 0 spiro atoms. The molecule has 0 aliphatic carbocycles. The van der Waals surface area contributed by atoms with Gasteiger partial charge in [0.15, 0.2) is 5.78 Å². The lowest BCUT2D eigenvalue weighted by Gasteiger charge is -2.28. The number of ether oxygens (including phenoxy) is 2. The summed E-state index contributed by atoms with van der Waals surface area (Å²) in [6, 6.07) is 0. The van der Waals surface area contributed by atoms with Gasteiger partial charge in [-0.15, -0.1) is 6.42 Å². The van der Waals surface area contributed by atoms with Crippen LogP contribution in [0.15, 0.2) is 23.8 Å². The van der Waals surface area contributed by atoms with Crippen molar-refractivity contribution in [3.63, 3.8) is 0 Å². The maximum atomic E-state index is 12.1. The molecule has 0 amide bonds. The van der Waals surface area contributed by atoms with Crippen molar-refractivity contribution < 1.29 is 14.3 Å². The number of hydrogen-bond acceptors (Lipinski definition) is 3. The second-order valence-electron chi connectivity index (χ2n) is 4.83. The summed E-state index contributed by atoms with van der Waals surface area (Å²) in [4.78, 5) is 12.1. The van der Waals surface area contributed by atoms with Crippen LogP contribution < -0.4 is 0 Å². The highest BCUT2D eigenvalue weighted by atomic mass is 16.5. The van der Waals surface area contributed by atoms with Crippen LogP contribution in [-0.4, -0.2) is 31.7 Å². The Morgan fingerprint density at radius 3 is 2.53 bits per heavy atom. The maximum Gasteiger partial charge on any atom is 0.169 e. The van der Waals surface area contributed by atoms with Crippen molar-refractivity contribution in [1.29, 1.82) is 0 Å². The molecule has 0 saturated carbocycles. The van der Waals surface area contributed by atoms with Crippen LogP contribution in [0.4, 0.5) is 0 Å². The number of hydrogen-bond donors (Lipinski definition) is 0. The Labute approximate surface area is 116 Å². The third kappa shape index (κ3) is 5.87. The Balaban J connectivity index is 4.57. The molecule has 0 bridgehead atoms. The fourth-order valence-corrected chi connectivity index (χ4v) is 1.66. The first kappa shape index (κ1) is 17.6. The van der Waals surface area contributed by atoms with Crippen LogP contribution in [0, 0.1) is 18.3 Å². The van der Waals surface area contributed by atoms with E-state index in [1.807, 2.05) is 32.9 Å². The molecule has 0 radical (unpaired) electrons. The lowest BCUT2D eigenvalue weighted by atomic mass is 9.93. The van der Waals surface area contributed by atoms with E-state index in [4.69, 9.17) is 15.9 Å². The Bertz CT molecular complexity index is 385. The van der Waals surface area contributed by atoms with Gasteiger partial charge in [0.2, 0.25) is 0 Å². The van der Waals surface area contributed by atoms with Gasteiger partial charge in [0.1, 0.15) is 5.60 Å². The van der Waals surface area contributed by atoms with Crippen molar-refractivity contribution in [2.45, 2.75) is 33.3 Å². The summed E-state index contributed by atoms with van der Waals surface area (Å²) in [5, 5.41) is 0. The lowest BCUT2D eigenvalue weighted by molar-refractivity contribution is -0.149. The van der Waals surface area contributed by atoms with Crippen LogP contribution in [0.5, 0.6) is 0 Å². The fourth-order valence-electron chi connectivity index (χ4n) is 1.66. The molecule has 0 aromatic rings. The number of Topliss-reactive ketones (excluding diaryl/α,β-unsaturated/α-hetero) is 1. The van der Waals surface area contributed by atoms with Crippen molar-refractivity contribution >= 4 is 5.78 Å². The first-order valence-electron chi connectivity index (χ1n) is 6.36. The molecule has 0 fully saturated rings. The van der Waals surface area contributed by atoms with Gasteiger partial charge in [0.25, 0.3) is 0 Å². The Morgan fingerprint density at radius 2 is 2.11 bits per heavy atom. The standard InChI is InChI=1S/C16H24O3/c1-7-9-14(10-8-2)11-19-12-16(5,18-6)15(17)13(3)4/h1,8-10,13H,11-12H2,2-6H3/b10-8-,14-9+. The van der Waals surface area contributed by atoms with Gasteiger partial charge < -0.3 is 9.47 Å². The average Bonchev–Trinajstić information content (AvgIpc) is 2.38. The van der Waals surface area contributed by atoms with E-state index in [-0.39, 0.29) is 18.3 Å². The van der Waals surface area contributed by atoms with E-state index >= 15 is 0 Å². The summed E-state index contributed by atoms with van der Waals surface area (Å²) in [6.07, 6.45) is 10.7.